The zero-order valence-corrected chi connectivity index (χ0v) is 15.8. The van der Waals surface area contributed by atoms with Gasteiger partial charge in [-0.15, -0.1) is 0 Å². The Kier molecular flexibility index (Phi) is 5.05. The molecule has 5 nitrogen and oxygen atoms in total. The molecule has 0 radical (unpaired) electrons. The van der Waals surface area contributed by atoms with E-state index >= 15 is 0 Å². The summed E-state index contributed by atoms with van der Waals surface area (Å²) in [6, 6.07) is 10.2. The summed E-state index contributed by atoms with van der Waals surface area (Å²) in [7, 11) is 0. The molecule has 150 valence electrons. The first-order valence-corrected chi connectivity index (χ1v) is 9.32. The van der Waals surface area contributed by atoms with Gasteiger partial charge in [0.25, 0.3) is 5.91 Å². The molecular formula is C22H19F2NO4. The first-order chi connectivity index (χ1) is 13.9. The minimum Gasteiger partial charge on any atom is -0.450 e. The van der Waals surface area contributed by atoms with Crippen molar-refractivity contribution in [3.05, 3.63) is 71.0 Å². The van der Waals surface area contributed by atoms with E-state index in [4.69, 9.17) is 9.15 Å². The fraction of sp³-hybridized carbons (Fsp3) is 0.273. The van der Waals surface area contributed by atoms with E-state index in [1.54, 1.807) is 25.1 Å². The maximum Gasteiger partial charge on any atom is 0.375 e. The third-order valence-corrected chi connectivity index (χ3v) is 5.02. The lowest BCUT2D eigenvalue weighted by molar-refractivity contribution is -0.135. The number of esters is 1. The second-order valence-electron chi connectivity index (χ2n) is 7.12. The van der Waals surface area contributed by atoms with Crippen molar-refractivity contribution in [1.29, 1.82) is 0 Å². The Labute approximate surface area is 165 Å². The smallest absolute Gasteiger partial charge is 0.375 e. The molecule has 1 saturated carbocycles. The molecular weight excluding hydrogens is 380 g/mol. The van der Waals surface area contributed by atoms with Crippen molar-refractivity contribution >= 4 is 22.8 Å². The minimum absolute atomic E-state index is 0.0247. The first-order valence-electron chi connectivity index (χ1n) is 9.32. The van der Waals surface area contributed by atoms with Crippen LogP contribution in [0, 0.1) is 18.6 Å². The molecule has 0 saturated heterocycles. The molecule has 1 amide bonds. The molecule has 0 unspecified atom stereocenters. The lowest BCUT2D eigenvalue weighted by atomic mass is 10.1. The van der Waals surface area contributed by atoms with Crippen LogP contribution in [0.5, 0.6) is 0 Å². The SMILES string of the molecule is Cc1c(C(=O)OCC(=O)N(Cc2ccccc2F)C2CC2)oc2ccc(F)cc12. The van der Waals surface area contributed by atoms with Crippen molar-refractivity contribution in [1.82, 2.24) is 4.90 Å². The molecule has 1 aromatic heterocycles. The van der Waals surface area contributed by atoms with Crippen LogP contribution in [0.2, 0.25) is 0 Å². The summed E-state index contributed by atoms with van der Waals surface area (Å²) in [5.74, 6) is -2.08. The number of hydrogen-bond donors (Lipinski definition) is 0. The van der Waals surface area contributed by atoms with Gasteiger partial charge in [-0.2, -0.15) is 0 Å². The first kappa shape index (κ1) is 19.1. The fourth-order valence-electron chi connectivity index (χ4n) is 3.28. The van der Waals surface area contributed by atoms with Crippen LogP contribution < -0.4 is 0 Å². The molecule has 0 atom stereocenters. The van der Waals surface area contributed by atoms with E-state index in [2.05, 4.69) is 0 Å². The van der Waals surface area contributed by atoms with Gasteiger partial charge in [-0.05, 0) is 44.0 Å². The van der Waals surface area contributed by atoms with Crippen LogP contribution in [0.15, 0.2) is 46.9 Å². The normalized spacial score (nSPS) is 13.5. The van der Waals surface area contributed by atoms with E-state index in [-0.39, 0.29) is 24.2 Å². The van der Waals surface area contributed by atoms with Crippen LogP contribution in [0.25, 0.3) is 11.0 Å². The predicted octanol–water partition coefficient (Wildman–Crippen LogP) is 4.37. The molecule has 4 rings (SSSR count). The number of nitrogens with zero attached hydrogens (tertiary/aromatic N) is 1. The fourth-order valence-corrected chi connectivity index (χ4v) is 3.28. The summed E-state index contributed by atoms with van der Waals surface area (Å²) < 4.78 is 38.0. The number of fused-ring (bicyclic) bond motifs is 1. The molecule has 0 spiro atoms. The van der Waals surface area contributed by atoms with Crippen molar-refractivity contribution in [3.8, 4) is 0 Å². The number of furan rings is 1. The third kappa shape index (κ3) is 3.99. The molecule has 0 N–H and O–H groups in total. The quantitative estimate of drug-likeness (QED) is 0.578. The van der Waals surface area contributed by atoms with Crippen LogP contribution in [0.3, 0.4) is 0 Å². The highest BCUT2D eigenvalue weighted by molar-refractivity contribution is 5.96. The molecule has 29 heavy (non-hydrogen) atoms. The summed E-state index contributed by atoms with van der Waals surface area (Å²) in [5, 5.41) is 0.474. The summed E-state index contributed by atoms with van der Waals surface area (Å²) in [6.07, 6.45) is 1.67. The van der Waals surface area contributed by atoms with Crippen molar-refractivity contribution < 1.29 is 27.5 Å². The van der Waals surface area contributed by atoms with Crippen LogP contribution in [-0.2, 0) is 16.1 Å². The molecule has 1 fully saturated rings. The van der Waals surface area contributed by atoms with Crippen LogP contribution >= 0.6 is 0 Å². The number of amides is 1. The van der Waals surface area contributed by atoms with E-state index in [1.165, 1.54) is 29.2 Å². The average Bonchev–Trinajstić information content (AvgIpc) is 3.49. The summed E-state index contributed by atoms with van der Waals surface area (Å²) >= 11 is 0. The minimum atomic E-state index is -0.797. The predicted molar refractivity (Wildman–Crippen MR) is 101 cm³/mol. The topological polar surface area (TPSA) is 59.8 Å². The number of carbonyl (C=O) groups is 2. The van der Waals surface area contributed by atoms with E-state index in [0.29, 0.717) is 22.1 Å². The van der Waals surface area contributed by atoms with Gasteiger partial charge in [0.1, 0.15) is 17.2 Å². The van der Waals surface area contributed by atoms with Crippen molar-refractivity contribution in [3.63, 3.8) is 0 Å². The van der Waals surface area contributed by atoms with E-state index in [1.807, 2.05) is 0 Å². The van der Waals surface area contributed by atoms with Gasteiger partial charge < -0.3 is 14.1 Å². The number of rotatable bonds is 6. The van der Waals surface area contributed by atoms with E-state index < -0.39 is 24.3 Å². The standard InChI is InChI=1S/C22H19F2NO4/c1-13-17-10-15(23)6-9-19(17)29-21(13)22(27)28-12-20(26)25(16-7-8-16)11-14-4-2-3-5-18(14)24/h2-6,9-10,16H,7-8,11-12H2,1H3. The highest BCUT2D eigenvalue weighted by Crippen LogP contribution is 2.29. The number of ether oxygens (including phenoxy) is 1. The third-order valence-electron chi connectivity index (χ3n) is 5.02. The molecule has 2 aromatic carbocycles. The van der Waals surface area contributed by atoms with Gasteiger partial charge in [-0.25, -0.2) is 13.6 Å². The summed E-state index contributed by atoms with van der Waals surface area (Å²) in [5.41, 5.74) is 1.22. The Morgan fingerprint density at radius 1 is 1.17 bits per heavy atom. The Morgan fingerprint density at radius 3 is 2.66 bits per heavy atom. The Bertz CT molecular complexity index is 1090. The lowest BCUT2D eigenvalue weighted by Crippen LogP contribution is -2.36. The largest absolute Gasteiger partial charge is 0.450 e. The van der Waals surface area contributed by atoms with E-state index in [0.717, 1.165) is 12.8 Å². The van der Waals surface area contributed by atoms with Crippen LogP contribution in [-0.4, -0.2) is 29.4 Å². The monoisotopic (exact) mass is 399 g/mol. The average molecular weight is 399 g/mol. The molecule has 1 aliphatic rings. The highest BCUT2D eigenvalue weighted by atomic mass is 19.1. The molecule has 3 aromatic rings. The maximum atomic E-state index is 13.9. The van der Waals surface area contributed by atoms with Gasteiger partial charge in [-0.1, -0.05) is 18.2 Å². The van der Waals surface area contributed by atoms with Gasteiger partial charge in [-0.3, -0.25) is 4.79 Å². The molecule has 1 aliphatic carbocycles. The number of halogens is 2. The molecule has 0 aliphatic heterocycles. The highest BCUT2D eigenvalue weighted by Gasteiger charge is 2.33. The van der Waals surface area contributed by atoms with Crippen molar-refractivity contribution in [2.45, 2.75) is 32.4 Å². The van der Waals surface area contributed by atoms with Gasteiger partial charge >= 0.3 is 5.97 Å². The second kappa shape index (κ2) is 7.66. The van der Waals surface area contributed by atoms with Crippen LogP contribution in [0.4, 0.5) is 8.78 Å². The van der Waals surface area contributed by atoms with Gasteiger partial charge in [0.15, 0.2) is 6.61 Å². The van der Waals surface area contributed by atoms with Crippen molar-refractivity contribution in [2.24, 2.45) is 0 Å². The van der Waals surface area contributed by atoms with E-state index in [9.17, 15) is 18.4 Å². The van der Waals surface area contributed by atoms with Gasteiger partial charge in [0.05, 0.1) is 0 Å². The van der Waals surface area contributed by atoms with Gasteiger partial charge in [0.2, 0.25) is 5.76 Å². The second-order valence-corrected chi connectivity index (χ2v) is 7.12. The number of aryl methyl sites for hydroxylation is 1. The lowest BCUT2D eigenvalue weighted by Gasteiger charge is -2.22. The maximum absolute atomic E-state index is 13.9. The Balaban J connectivity index is 1.45. The number of carbonyl (C=O) groups excluding carboxylic acids is 2. The zero-order chi connectivity index (χ0) is 20.5. The van der Waals surface area contributed by atoms with Crippen LogP contribution in [0.1, 0.15) is 34.5 Å². The molecule has 1 heterocycles. The number of hydrogen-bond acceptors (Lipinski definition) is 4. The molecule has 0 bridgehead atoms. The Hall–Kier alpha value is -3.22. The number of benzene rings is 2. The summed E-state index contributed by atoms with van der Waals surface area (Å²) in [6.45, 7) is 1.27. The summed E-state index contributed by atoms with van der Waals surface area (Å²) in [4.78, 5) is 26.6. The molecule has 7 heteroatoms. The zero-order valence-electron chi connectivity index (χ0n) is 15.8. The van der Waals surface area contributed by atoms with Crippen molar-refractivity contribution in [2.75, 3.05) is 6.61 Å². The Morgan fingerprint density at radius 2 is 1.93 bits per heavy atom. The van der Waals surface area contributed by atoms with Gasteiger partial charge in [0, 0.05) is 29.1 Å².